The minimum Gasteiger partial charge on any atom is -0.247 e. The van der Waals surface area contributed by atoms with Gasteiger partial charge in [0.2, 0.25) is 0 Å². The third-order valence-corrected chi connectivity index (χ3v) is 5.66. The van der Waals surface area contributed by atoms with Crippen molar-refractivity contribution in [3.8, 4) is 0 Å². The average Bonchev–Trinajstić information content (AvgIpc) is 2.43. The standard InChI is InChI=1S/C16H19F11/c1-6-2-8(17)12(9(18)3-6)7-4-10(19)13(11(20)5-7)14(21,22)15(23,24)16(25,26)27/h6-13H,2-5H2,1H3. The molecule has 160 valence electrons. The Hall–Kier alpha value is -0.770. The third kappa shape index (κ3) is 3.88. The van der Waals surface area contributed by atoms with Crippen LogP contribution in [0.1, 0.15) is 32.6 Å². The lowest BCUT2D eigenvalue weighted by Gasteiger charge is -2.45. The maximum Gasteiger partial charge on any atom is 0.459 e. The smallest absolute Gasteiger partial charge is 0.247 e. The van der Waals surface area contributed by atoms with Crippen molar-refractivity contribution in [3.63, 3.8) is 0 Å². The van der Waals surface area contributed by atoms with Crippen LogP contribution in [0.4, 0.5) is 48.3 Å². The second-order valence-electron chi connectivity index (χ2n) is 7.67. The Bertz CT molecular complexity index is 493. The summed E-state index contributed by atoms with van der Waals surface area (Å²) in [5.41, 5.74) is 0. The van der Waals surface area contributed by atoms with E-state index in [1.54, 1.807) is 6.92 Å². The SMILES string of the molecule is CC1CC(F)C(C2CC(F)C(C(F)(F)C(F)(F)C(F)(F)F)C(F)C2)C(F)C1. The first-order chi connectivity index (χ1) is 12.1. The summed E-state index contributed by atoms with van der Waals surface area (Å²) in [6.07, 6.45) is -18.9. The maximum atomic E-state index is 14.2. The van der Waals surface area contributed by atoms with E-state index >= 15 is 0 Å². The molecular weight excluding hydrogens is 401 g/mol. The molecule has 2 rings (SSSR count). The zero-order chi connectivity index (χ0) is 20.9. The second kappa shape index (κ2) is 7.24. The highest BCUT2D eigenvalue weighted by molar-refractivity contribution is 5.05. The number of halogens is 11. The van der Waals surface area contributed by atoms with Crippen LogP contribution in [0.5, 0.6) is 0 Å². The Morgan fingerprint density at radius 3 is 1.41 bits per heavy atom. The summed E-state index contributed by atoms with van der Waals surface area (Å²) in [6, 6.07) is 0. The molecule has 0 aromatic rings. The fourth-order valence-electron chi connectivity index (χ4n) is 4.36. The minimum atomic E-state index is -6.71. The third-order valence-electron chi connectivity index (χ3n) is 5.66. The molecule has 2 saturated carbocycles. The van der Waals surface area contributed by atoms with Crippen LogP contribution in [0.2, 0.25) is 0 Å². The van der Waals surface area contributed by atoms with Crippen LogP contribution in [0.15, 0.2) is 0 Å². The summed E-state index contributed by atoms with van der Waals surface area (Å²) in [6.45, 7) is 1.56. The highest BCUT2D eigenvalue weighted by Gasteiger charge is 2.77. The zero-order valence-electron chi connectivity index (χ0n) is 14.1. The van der Waals surface area contributed by atoms with Gasteiger partial charge in [0, 0.05) is 5.92 Å². The molecule has 2 aliphatic rings. The van der Waals surface area contributed by atoms with E-state index in [4.69, 9.17) is 0 Å². The summed E-state index contributed by atoms with van der Waals surface area (Å²) in [4.78, 5) is 0. The molecule has 0 aliphatic heterocycles. The van der Waals surface area contributed by atoms with Crippen LogP contribution in [-0.2, 0) is 0 Å². The van der Waals surface area contributed by atoms with Gasteiger partial charge in [0.05, 0.1) is 5.92 Å². The van der Waals surface area contributed by atoms with Crippen molar-refractivity contribution in [2.45, 2.75) is 75.3 Å². The van der Waals surface area contributed by atoms with Gasteiger partial charge in [-0.25, -0.2) is 17.6 Å². The van der Waals surface area contributed by atoms with Crippen molar-refractivity contribution in [3.05, 3.63) is 0 Å². The van der Waals surface area contributed by atoms with Crippen molar-refractivity contribution in [1.29, 1.82) is 0 Å². The molecular formula is C16H19F11. The topological polar surface area (TPSA) is 0 Å². The lowest BCUT2D eigenvalue weighted by atomic mass is 9.65. The van der Waals surface area contributed by atoms with Gasteiger partial charge < -0.3 is 0 Å². The van der Waals surface area contributed by atoms with E-state index in [2.05, 4.69) is 0 Å². The van der Waals surface area contributed by atoms with Gasteiger partial charge >= 0.3 is 18.0 Å². The van der Waals surface area contributed by atoms with Gasteiger partial charge in [-0.2, -0.15) is 30.7 Å². The van der Waals surface area contributed by atoms with Crippen LogP contribution in [0, 0.1) is 23.7 Å². The second-order valence-corrected chi connectivity index (χ2v) is 7.67. The molecule has 2 aliphatic carbocycles. The monoisotopic (exact) mass is 420 g/mol. The lowest BCUT2D eigenvalue weighted by Crippen LogP contribution is -2.61. The quantitative estimate of drug-likeness (QED) is 0.474. The highest BCUT2D eigenvalue weighted by atomic mass is 19.4. The zero-order valence-corrected chi connectivity index (χ0v) is 14.1. The van der Waals surface area contributed by atoms with E-state index in [1.165, 1.54) is 0 Å². The first-order valence-electron chi connectivity index (χ1n) is 8.49. The molecule has 0 heterocycles. The van der Waals surface area contributed by atoms with Crippen LogP contribution in [-0.4, -0.2) is 42.7 Å². The van der Waals surface area contributed by atoms with E-state index in [-0.39, 0.29) is 18.8 Å². The fraction of sp³-hybridized carbons (Fsp3) is 1.00. The van der Waals surface area contributed by atoms with E-state index in [0.29, 0.717) is 0 Å². The maximum absolute atomic E-state index is 14.2. The number of hydrogen-bond donors (Lipinski definition) is 0. The molecule has 0 spiro atoms. The normalized spacial score (nSPS) is 42.2. The summed E-state index contributed by atoms with van der Waals surface area (Å²) in [7, 11) is 0. The molecule has 11 heteroatoms. The molecule has 0 nitrogen and oxygen atoms in total. The van der Waals surface area contributed by atoms with Gasteiger partial charge in [-0.05, 0) is 37.5 Å². The van der Waals surface area contributed by atoms with Gasteiger partial charge in [-0.1, -0.05) is 6.92 Å². The van der Waals surface area contributed by atoms with E-state index in [1.807, 2.05) is 0 Å². The van der Waals surface area contributed by atoms with Crippen LogP contribution < -0.4 is 0 Å². The number of hydrogen-bond acceptors (Lipinski definition) is 0. The molecule has 2 fully saturated rings. The molecule has 0 aromatic carbocycles. The average molecular weight is 420 g/mol. The first-order valence-corrected chi connectivity index (χ1v) is 8.49. The molecule has 4 unspecified atom stereocenters. The number of alkyl halides is 11. The molecule has 0 N–H and O–H groups in total. The van der Waals surface area contributed by atoms with Gasteiger partial charge in [0.1, 0.15) is 24.7 Å². The van der Waals surface area contributed by atoms with Gasteiger partial charge in [-0.15, -0.1) is 0 Å². The van der Waals surface area contributed by atoms with Crippen molar-refractivity contribution < 1.29 is 48.3 Å². The first kappa shape index (κ1) is 22.5. The van der Waals surface area contributed by atoms with Crippen molar-refractivity contribution >= 4 is 0 Å². The van der Waals surface area contributed by atoms with Gasteiger partial charge in [0.25, 0.3) is 0 Å². The Morgan fingerprint density at radius 1 is 0.630 bits per heavy atom. The number of rotatable bonds is 3. The van der Waals surface area contributed by atoms with Crippen LogP contribution >= 0.6 is 0 Å². The van der Waals surface area contributed by atoms with Crippen molar-refractivity contribution in [2.24, 2.45) is 23.7 Å². The van der Waals surface area contributed by atoms with Crippen LogP contribution in [0.25, 0.3) is 0 Å². The van der Waals surface area contributed by atoms with E-state index in [0.717, 1.165) is 0 Å². The Labute approximate surface area is 148 Å². The molecule has 0 amide bonds. The Kier molecular flexibility index (Phi) is 6.04. The van der Waals surface area contributed by atoms with Crippen molar-refractivity contribution in [2.75, 3.05) is 0 Å². The summed E-state index contributed by atoms with van der Waals surface area (Å²) in [5, 5.41) is 0. The fourth-order valence-corrected chi connectivity index (χ4v) is 4.36. The molecule has 0 bridgehead atoms. The summed E-state index contributed by atoms with van der Waals surface area (Å²) < 4.78 is 147. The summed E-state index contributed by atoms with van der Waals surface area (Å²) in [5.74, 6) is -19.5. The molecule has 0 radical (unpaired) electrons. The van der Waals surface area contributed by atoms with Gasteiger partial charge in [-0.3, -0.25) is 0 Å². The van der Waals surface area contributed by atoms with E-state index in [9.17, 15) is 48.3 Å². The molecule has 0 saturated heterocycles. The minimum absolute atomic E-state index is 0.110. The lowest BCUT2D eigenvalue weighted by molar-refractivity contribution is -0.374. The Morgan fingerprint density at radius 2 is 1.04 bits per heavy atom. The van der Waals surface area contributed by atoms with E-state index < -0.39 is 73.3 Å². The predicted octanol–water partition coefficient (Wildman–Crippen LogP) is 6.24. The Balaban J connectivity index is 2.22. The largest absolute Gasteiger partial charge is 0.459 e. The highest BCUT2D eigenvalue weighted by Crippen LogP contribution is 2.56. The molecule has 27 heavy (non-hydrogen) atoms. The molecule has 4 atom stereocenters. The van der Waals surface area contributed by atoms with Gasteiger partial charge in [0.15, 0.2) is 0 Å². The van der Waals surface area contributed by atoms with Crippen LogP contribution in [0.3, 0.4) is 0 Å². The summed E-state index contributed by atoms with van der Waals surface area (Å²) >= 11 is 0. The van der Waals surface area contributed by atoms with Crippen molar-refractivity contribution in [1.82, 2.24) is 0 Å². The predicted molar refractivity (Wildman–Crippen MR) is 73.6 cm³/mol. The molecule has 0 aromatic heterocycles.